The lowest BCUT2D eigenvalue weighted by atomic mass is 10.2. The second-order valence-corrected chi connectivity index (χ2v) is 3.71. The molecule has 0 aliphatic carbocycles. The van der Waals surface area contributed by atoms with Gasteiger partial charge in [-0.3, -0.25) is 9.78 Å². The van der Waals surface area contributed by atoms with Crippen molar-refractivity contribution >= 4 is 11.6 Å². The van der Waals surface area contributed by atoms with E-state index >= 15 is 0 Å². The van der Waals surface area contributed by atoms with Crippen molar-refractivity contribution in [1.29, 1.82) is 0 Å². The summed E-state index contributed by atoms with van der Waals surface area (Å²) >= 11 is 0. The Hall–Kier alpha value is -2.37. The van der Waals surface area contributed by atoms with Crippen LogP contribution >= 0.6 is 0 Å². The number of hydrogen-bond donors (Lipinski definition) is 3. The number of H-pyrrole nitrogens is 1. The molecule has 1 amide bonds. The first-order chi connectivity index (χ1) is 8.81. The fourth-order valence-corrected chi connectivity index (χ4v) is 1.57. The van der Waals surface area contributed by atoms with Crippen molar-refractivity contribution in [1.82, 2.24) is 20.3 Å². The normalized spacial score (nSPS) is 10.1. The number of aromatic nitrogens is 3. The van der Waals surface area contributed by atoms with Crippen molar-refractivity contribution in [3.05, 3.63) is 42.2 Å². The van der Waals surface area contributed by atoms with Gasteiger partial charge in [0.05, 0.1) is 29.8 Å². The molecule has 0 radical (unpaired) electrons. The van der Waals surface area contributed by atoms with E-state index in [2.05, 4.69) is 25.6 Å². The summed E-state index contributed by atoms with van der Waals surface area (Å²) in [6.45, 7) is 3.15. The third-order valence-corrected chi connectivity index (χ3v) is 2.43. The number of rotatable bonds is 5. The first-order valence-electron chi connectivity index (χ1n) is 5.74. The highest BCUT2D eigenvalue weighted by molar-refractivity contribution is 5.99. The van der Waals surface area contributed by atoms with Gasteiger partial charge >= 0.3 is 0 Å². The van der Waals surface area contributed by atoms with Crippen LogP contribution < -0.4 is 10.6 Å². The Bertz CT molecular complexity index is 509. The Labute approximate surface area is 105 Å². The lowest BCUT2D eigenvalue weighted by Gasteiger charge is -2.09. The Kier molecular flexibility index (Phi) is 3.90. The average Bonchev–Trinajstić information content (AvgIpc) is 2.90. The minimum absolute atomic E-state index is 0.159. The summed E-state index contributed by atoms with van der Waals surface area (Å²) < 4.78 is 0. The number of amides is 1. The fraction of sp³-hybridized carbons (Fsp3) is 0.250. The maximum absolute atomic E-state index is 12.0. The summed E-state index contributed by atoms with van der Waals surface area (Å²) in [6, 6.07) is 1.79. The fourth-order valence-electron chi connectivity index (χ4n) is 1.57. The van der Waals surface area contributed by atoms with E-state index in [1.165, 1.54) is 0 Å². The zero-order valence-corrected chi connectivity index (χ0v) is 10.1. The van der Waals surface area contributed by atoms with Gasteiger partial charge in [0.15, 0.2) is 0 Å². The first kappa shape index (κ1) is 12.1. The predicted molar refractivity (Wildman–Crippen MR) is 68.2 cm³/mol. The smallest absolute Gasteiger partial charge is 0.255 e. The first-order valence-corrected chi connectivity index (χ1v) is 5.74. The Morgan fingerprint density at radius 1 is 1.39 bits per heavy atom. The highest BCUT2D eigenvalue weighted by Gasteiger charge is 2.10. The van der Waals surface area contributed by atoms with E-state index in [9.17, 15) is 4.79 Å². The summed E-state index contributed by atoms with van der Waals surface area (Å²) in [5, 5.41) is 5.94. The Morgan fingerprint density at radius 2 is 2.28 bits per heavy atom. The summed E-state index contributed by atoms with van der Waals surface area (Å²) in [5.41, 5.74) is 2.19. The van der Waals surface area contributed by atoms with Gasteiger partial charge in [0.25, 0.3) is 5.91 Å². The molecule has 3 N–H and O–H groups in total. The van der Waals surface area contributed by atoms with Gasteiger partial charge in [-0.1, -0.05) is 0 Å². The second kappa shape index (κ2) is 5.81. The molecule has 0 unspecified atom stereocenters. The van der Waals surface area contributed by atoms with Crippen LogP contribution in [0.4, 0.5) is 5.69 Å². The van der Waals surface area contributed by atoms with E-state index in [0.29, 0.717) is 12.1 Å². The molecule has 2 aromatic heterocycles. The van der Waals surface area contributed by atoms with Crippen LogP contribution in [0.2, 0.25) is 0 Å². The van der Waals surface area contributed by atoms with Crippen LogP contribution in [0.15, 0.2) is 31.0 Å². The van der Waals surface area contributed by atoms with Crippen molar-refractivity contribution in [2.75, 3.05) is 11.9 Å². The number of carbonyl (C=O) groups excluding carboxylic acids is 1. The maximum Gasteiger partial charge on any atom is 0.255 e. The van der Waals surface area contributed by atoms with E-state index < -0.39 is 0 Å². The van der Waals surface area contributed by atoms with Gasteiger partial charge in [0, 0.05) is 25.1 Å². The molecule has 0 aliphatic rings. The molecule has 0 atom stereocenters. The van der Waals surface area contributed by atoms with Crippen molar-refractivity contribution in [2.45, 2.75) is 13.5 Å². The molecule has 0 fully saturated rings. The number of nitrogens with one attached hydrogen (secondary N) is 3. The topological polar surface area (TPSA) is 82.7 Å². The quantitative estimate of drug-likeness (QED) is 0.738. The monoisotopic (exact) mass is 245 g/mol. The number of hydrogen-bond acceptors (Lipinski definition) is 4. The van der Waals surface area contributed by atoms with Crippen LogP contribution in [0.5, 0.6) is 0 Å². The highest BCUT2D eigenvalue weighted by atomic mass is 16.1. The number of nitrogens with zero attached hydrogens (tertiary/aromatic N) is 2. The molecule has 0 bridgehead atoms. The van der Waals surface area contributed by atoms with Gasteiger partial charge in [-0.05, 0) is 13.0 Å². The molecule has 0 aromatic carbocycles. The van der Waals surface area contributed by atoms with E-state index in [0.717, 1.165) is 17.9 Å². The van der Waals surface area contributed by atoms with Crippen molar-refractivity contribution < 1.29 is 4.79 Å². The summed E-state index contributed by atoms with van der Waals surface area (Å²) in [5.74, 6) is -0.159. The minimum Gasteiger partial charge on any atom is -0.385 e. The van der Waals surface area contributed by atoms with E-state index in [1.54, 1.807) is 31.0 Å². The zero-order chi connectivity index (χ0) is 12.8. The Balaban J connectivity index is 2.04. The van der Waals surface area contributed by atoms with Crippen LogP contribution in [0.1, 0.15) is 23.0 Å². The van der Waals surface area contributed by atoms with Gasteiger partial charge in [-0.15, -0.1) is 0 Å². The number of aromatic amines is 1. The summed E-state index contributed by atoms with van der Waals surface area (Å²) in [4.78, 5) is 22.8. The molecule has 0 saturated carbocycles. The number of anilines is 1. The van der Waals surface area contributed by atoms with E-state index in [4.69, 9.17) is 0 Å². The number of imidazole rings is 1. The van der Waals surface area contributed by atoms with Gasteiger partial charge in [-0.25, -0.2) is 4.98 Å². The lowest BCUT2D eigenvalue weighted by Crippen LogP contribution is -2.24. The van der Waals surface area contributed by atoms with Gasteiger partial charge < -0.3 is 15.6 Å². The molecule has 18 heavy (non-hydrogen) atoms. The largest absolute Gasteiger partial charge is 0.385 e. The zero-order valence-electron chi connectivity index (χ0n) is 10.1. The molecule has 0 aliphatic heterocycles. The van der Waals surface area contributed by atoms with Crippen LogP contribution in [-0.2, 0) is 6.54 Å². The van der Waals surface area contributed by atoms with Gasteiger partial charge in [0.2, 0.25) is 0 Å². The van der Waals surface area contributed by atoms with Gasteiger partial charge in [0.1, 0.15) is 0 Å². The van der Waals surface area contributed by atoms with Crippen molar-refractivity contribution in [3.8, 4) is 0 Å². The van der Waals surface area contributed by atoms with Crippen molar-refractivity contribution in [2.24, 2.45) is 0 Å². The van der Waals surface area contributed by atoms with Crippen LogP contribution in [0.3, 0.4) is 0 Å². The van der Waals surface area contributed by atoms with Crippen LogP contribution in [0.25, 0.3) is 0 Å². The standard InChI is InChI=1S/C12H15N5O/c1-2-15-11-3-4-13-7-10(11)12(18)16-6-9-5-14-8-17-9/h3-5,7-8H,2,6H2,1H3,(H,13,15)(H,14,17)(H,16,18). The molecule has 6 heteroatoms. The van der Waals surface area contributed by atoms with Crippen molar-refractivity contribution in [3.63, 3.8) is 0 Å². The van der Waals surface area contributed by atoms with Crippen LogP contribution in [0, 0.1) is 0 Å². The average molecular weight is 245 g/mol. The van der Waals surface area contributed by atoms with Gasteiger partial charge in [-0.2, -0.15) is 0 Å². The molecular weight excluding hydrogens is 230 g/mol. The predicted octanol–water partition coefficient (Wildman–Crippen LogP) is 1.17. The molecule has 0 saturated heterocycles. The minimum atomic E-state index is -0.159. The third kappa shape index (κ3) is 2.85. The Morgan fingerprint density at radius 3 is 3.00 bits per heavy atom. The highest BCUT2D eigenvalue weighted by Crippen LogP contribution is 2.12. The van der Waals surface area contributed by atoms with Crippen LogP contribution in [-0.4, -0.2) is 27.4 Å². The molecule has 2 rings (SSSR count). The SMILES string of the molecule is CCNc1ccncc1C(=O)NCc1cnc[nH]1. The number of pyridine rings is 1. The molecule has 2 heterocycles. The summed E-state index contributed by atoms with van der Waals surface area (Å²) in [7, 11) is 0. The molecule has 0 spiro atoms. The van der Waals surface area contributed by atoms with E-state index in [1.807, 2.05) is 6.92 Å². The molecule has 2 aromatic rings. The lowest BCUT2D eigenvalue weighted by molar-refractivity contribution is 0.0951. The summed E-state index contributed by atoms with van der Waals surface area (Å²) in [6.07, 6.45) is 6.47. The second-order valence-electron chi connectivity index (χ2n) is 3.71. The van der Waals surface area contributed by atoms with E-state index in [-0.39, 0.29) is 5.91 Å². The molecule has 94 valence electrons. The third-order valence-electron chi connectivity index (χ3n) is 2.43. The molecular formula is C12H15N5O. The maximum atomic E-state index is 12.0. The molecule has 6 nitrogen and oxygen atoms in total. The number of carbonyl (C=O) groups is 1.